The Hall–Kier alpha value is -2.70. The Labute approximate surface area is 117 Å². The molecule has 106 valence electrons. The zero-order valence-electron chi connectivity index (χ0n) is 10.6. The summed E-state index contributed by atoms with van der Waals surface area (Å²) in [5, 5.41) is 16.3. The molecule has 0 spiro atoms. The molecule has 0 aliphatic rings. The molecule has 1 aromatic heterocycles. The summed E-state index contributed by atoms with van der Waals surface area (Å²) >= 11 is 0. The standard InChI is InChI=1S/C14H9F3N4/c15-14(16,17)9-4-3-5-10(8-9)21-13(18)11-6-1-2-7-12(11)19-20-21/h1-8,18H. The van der Waals surface area contributed by atoms with Gasteiger partial charge in [0.2, 0.25) is 0 Å². The minimum atomic E-state index is -4.44. The van der Waals surface area contributed by atoms with Crippen LogP contribution in [-0.4, -0.2) is 15.0 Å². The van der Waals surface area contributed by atoms with Crippen LogP contribution >= 0.6 is 0 Å². The number of aromatic nitrogens is 3. The first kappa shape index (κ1) is 13.3. The second-order valence-electron chi connectivity index (χ2n) is 4.42. The van der Waals surface area contributed by atoms with Gasteiger partial charge in [-0.3, -0.25) is 5.41 Å². The van der Waals surface area contributed by atoms with Gasteiger partial charge in [0.15, 0.2) is 5.49 Å². The second-order valence-corrected chi connectivity index (χ2v) is 4.42. The molecule has 0 aliphatic heterocycles. The lowest BCUT2D eigenvalue weighted by Crippen LogP contribution is -2.23. The number of alkyl halides is 3. The summed E-state index contributed by atoms with van der Waals surface area (Å²) in [6.07, 6.45) is -4.44. The van der Waals surface area contributed by atoms with Crippen molar-refractivity contribution in [2.75, 3.05) is 0 Å². The zero-order valence-corrected chi connectivity index (χ0v) is 10.6. The van der Waals surface area contributed by atoms with Crippen LogP contribution in [0.3, 0.4) is 0 Å². The number of hydrogen-bond acceptors (Lipinski definition) is 3. The summed E-state index contributed by atoms with van der Waals surface area (Å²) in [4.78, 5) is 0. The van der Waals surface area contributed by atoms with Crippen LogP contribution in [0.1, 0.15) is 5.56 Å². The Bertz CT molecular complexity index is 868. The van der Waals surface area contributed by atoms with Gasteiger partial charge in [-0.05, 0) is 30.3 Å². The molecule has 0 amide bonds. The summed E-state index contributed by atoms with van der Waals surface area (Å²) in [6, 6.07) is 11.5. The van der Waals surface area contributed by atoms with Gasteiger partial charge in [-0.1, -0.05) is 23.4 Å². The van der Waals surface area contributed by atoms with Crippen LogP contribution in [-0.2, 0) is 6.18 Å². The van der Waals surface area contributed by atoms with Crippen molar-refractivity contribution in [2.45, 2.75) is 6.18 Å². The van der Waals surface area contributed by atoms with Crippen LogP contribution in [0.5, 0.6) is 0 Å². The maximum Gasteiger partial charge on any atom is 0.416 e. The predicted octanol–water partition coefficient (Wildman–Crippen LogP) is 2.92. The highest BCUT2D eigenvalue weighted by Crippen LogP contribution is 2.29. The molecule has 0 radical (unpaired) electrons. The normalized spacial score (nSPS) is 11.8. The molecule has 0 aliphatic carbocycles. The zero-order chi connectivity index (χ0) is 15.0. The molecule has 0 saturated heterocycles. The molecule has 3 rings (SSSR count). The van der Waals surface area contributed by atoms with Gasteiger partial charge in [0, 0.05) is 5.39 Å². The molecule has 0 fully saturated rings. The molecule has 3 aromatic rings. The molecule has 0 unspecified atom stereocenters. The molecule has 21 heavy (non-hydrogen) atoms. The fourth-order valence-electron chi connectivity index (χ4n) is 2.01. The highest BCUT2D eigenvalue weighted by Gasteiger charge is 2.30. The summed E-state index contributed by atoms with van der Waals surface area (Å²) in [7, 11) is 0. The third-order valence-corrected chi connectivity index (χ3v) is 3.03. The Morgan fingerprint density at radius 3 is 2.52 bits per heavy atom. The number of benzene rings is 2. The Morgan fingerprint density at radius 1 is 1.00 bits per heavy atom. The number of fused-ring (bicyclic) bond motifs is 1. The average Bonchev–Trinajstić information content (AvgIpc) is 2.47. The average molecular weight is 290 g/mol. The lowest BCUT2D eigenvalue weighted by molar-refractivity contribution is -0.137. The SMILES string of the molecule is N=c1c2ccccc2nnn1-c1cccc(C(F)(F)F)c1. The number of halogens is 3. The quantitative estimate of drug-likeness (QED) is 0.749. The van der Waals surface area contributed by atoms with E-state index in [-0.39, 0.29) is 11.2 Å². The number of rotatable bonds is 1. The van der Waals surface area contributed by atoms with Crippen LogP contribution in [0, 0.1) is 5.41 Å². The Balaban J connectivity index is 2.22. The minimum Gasteiger partial charge on any atom is -0.282 e. The second kappa shape index (κ2) is 4.69. The highest BCUT2D eigenvalue weighted by atomic mass is 19.4. The van der Waals surface area contributed by atoms with Gasteiger partial charge in [0.25, 0.3) is 0 Å². The van der Waals surface area contributed by atoms with E-state index in [1.165, 1.54) is 12.1 Å². The van der Waals surface area contributed by atoms with Gasteiger partial charge in [0.1, 0.15) is 0 Å². The molecular formula is C14H9F3N4. The fourth-order valence-corrected chi connectivity index (χ4v) is 2.01. The molecule has 0 saturated carbocycles. The third-order valence-electron chi connectivity index (χ3n) is 3.03. The highest BCUT2D eigenvalue weighted by molar-refractivity contribution is 5.76. The number of hydrogen-bond donors (Lipinski definition) is 1. The van der Waals surface area contributed by atoms with Crippen LogP contribution in [0.4, 0.5) is 13.2 Å². The molecule has 1 N–H and O–H groups in total. The van der Waals surface area contributed by atoms with E-state index in [4.69, 9.17) is 5.41 Å². The monoisotopic (exact) mass is 290 g/mol. The van der Waals surface area contributed by atoms with E-state index in [0.29, 0.717) is 10.9 Å². The van der Waals surface area contributed by atoms with Crippen LogP contribution in [0.2, 0.25) is 0 Å². The van der Waals surface area contributed by atoms with Gasteiger partial charge < -0.3 is 0 Å². The maximum absolute atomic E-state index is 12.7. The van der Waals surface area contributed by atoms with Crippen molar-refractivity contribution in [2.24, 2.45) is 0 Å². The largest absolute Gasteiger partial charge is 0.416 e. The van der Waals surface area contributed by atoms with Gasteiger partial charge in [-0.15, -0.1) is 5.10 Å². The minimum absolute atomic E-state index is 0.0140. The molecule has 0 bridgehead atoms. The third kappa shape index (κ3) is 2.37. The predicted molar refractivity (Wildman–Crippen MR) is 69.7 cm³/mol. The van der Waals surface area contributed by atoms with Crippen molar-refractivity contribution in [1.29, 1.82) is 5.41 Å². The molecular weight excluding hydrogens is 281 g/mol. The molecule has 2 aromatic carbocycles. The molecule has 4 nitrogen and oxygen atoms in total. The molecule has 0 atom stereocenters. The van der Waals surface area contributed by atoms with E-state index in [0.717, 1.165) is 16.8 Å². The van der Waals surface area contributed by atoms with E-state index in [9.17, 15) is 13.2 Å². The summed E-state index contributed by atoms with van der Waals surface area (Å²) < 4.78 is 39.3. The first-order valence-electron chi connectivity index (χ1n) is 6.04. The summed E-state index contributed by atoms with van der Waals surface area (Å²) in [5.41, 5.74) is -0.138. The van der Waals surface area contributed by atoms with Gasteiger partial charge >= 0.3 is 6.18 Å². The van der Waals surface area contributed by atoms with Crippen molar-refractivity contribution in [3.63, 3.8) is 0 Å². The Morgan fingerprint density at radius 2 is 1.76 bits per heavy atom. The first-order valence-corrected chi connectivity index (χ1v) is 6.04. The van der Waals surface area contributed by atoms with Crippen molar-refractivity contribution in [3.8, 4) is 5.69 Å². The van der Waals surface area contributed by atoms with E-state index in [2.05, 4.69) is 10.3 Å². The van der Waals surface area contributed by atoms with Crippen LogP contribution in [0.15, 0.2) is 48.5 Å². The Kier molecular flexibility index (Phi) is 2.97. The van der Waals surface area contributed by atoms with Crippen molar-refractivity contribution in [1.82, 2.24) is 15.0 Å². The summed E-state index contributed by atoms with van der Waals surface area (Å²) in [5.74, 6) is 0. The van der Waals surface area contributed by atoms with Crippen molar-refractivity contribution in [3.05, 3.63) is 59.6 Å². The van der Waals surface area contributed by atoms with Crippen LogP contribution in [0.25, 0.3) is 16.6 Å². The van der Waals surface area contributed by atoms with E-state index < -0.39 is 11.7 Å². The number of nitrogens with one attached hydrogen (secondary N) is 1. The van der Waals surface area contributed by atoms with Crippen molar-refractivity contribution >= 4 is 10.9 Å². The summed E-state index contributed by atoms with van der Waals surface area (Å²) in [6.45, 7) is 0. The van der Waals surface area contributed by atoms with E-state index in [1.54, 1.807) is 24.3 Å². The topological polar surface area (TPSA) is 54.6 Å². The van der Waals surface area contributed by atoms with E-state index >= 15 is 0 Å². The molecule has 7 heteroatoms. The van der Waals surface area contributed by atoms with Crippen molar-refractivity contribution < 1.29 is 13.2 Å². The van der Waals surface area contributed by atoms with E-state index in [1.807, 2.05) is 0 Å². The first-order chi connectivity index (χ1) is 9.97. The van der Waals surface area contributed by atoms with Gasteiger partial charge in [-0.2, -0.15) is 17.9 Å². The lowest BCUT2D eigenvalue weighted by Gasteiger charge is -2.10. The molecule has 1 heterocycles. The van der Waals surface area contributed by atoms with Gasteiger partial charge in [0.05, 0.1) is 16.8 Å². The smallest absolute Gasteiger partial charge is 0.282 e. The van der Waals surface area contributed by atoms with Gasteiger partial charge in [-0.25, -0.2) is 0 Å². The fraction of sp³-hybridized carbons (Fsp3) is 0.0714. The van der Waals surface area contributed by atoms with Crippen LogP contribution < -0.4 is 5.49 Å². The number of nitrogens with zero attached hydrogens (tertiary/aromatic N) is 3. The lowest BCUT2D eigenvalue weighted by atomic mass is 10.2. The maximum atomic E-state index is 12.7.